The Morgan fingerprint density at radius 3 is 2.48 bits per heavy atom. The minimum absolute atomic E-state index is 0.0192. The maximum Gasteiger partial charge on any atom is 0.387 e. The zero-order valence-corrected chi connectivity index (χ0v) is 13.2. The number of hydrogen-bond donors (Lipinski definition) is 1. The van der Waals surface area contributed by atoms with Gasteiger partial charge in [0.15, 0.2) is 0 Å². The molecule has 25 heavy (non-hydrogen) atoms. The topological polar surface area (TPSA) is 59.9 Å². The van der Waals surface area contributed by atoms with E-state index in [4.69, 9.17) is 4.84 Å². The van der Waals surface area contributed by atoms with Crippen molar-refractivity contribution in [2.75, 3.05) is 5.32 Å². The first-order valence-corrected chi connectivity index (χ1v) is 7.25. The Bertz CT molecular complexity index is 736. The minimum atomic E-state index is -2.89. The third-order valence-electron chi connectivity index (χ3n) is 3.03. The highest BCUT2D eigenvalue weighted by molar-refractivity contribution is 5.94. The van der Waals surface area contributed by atoms with Gasteiger partial charge in [-0.15, -0.1) is 0 Å². The van der Waals surface area contributed by atoms with E-state index >= 15 is 0 Å². The number of hydrogen-bond acceptors (Lipinski definition) is 4. The first-order valence-electron chi connectivity index (χ1n) is 7.25. The van der Waals surface area contributed by atoms with Gasteiger partial charge in [-0.1, -0.05) is 17.3 Å². The van der Waals surface area contributed by atoms with Gasteiger partial charge in [0.05, 0.1) is 11.9 Å². The van der Waals surface area contributed by atoms with Crippen LogP contribution in [0.4, 0.5) is 18.9 Å². The van der Waals surface area contributed by atoms with Crippen molar-refractivity contribution in [1.29, 1.82) is 0 Å². The summed E-state index contributed by atoms with van der Waals surface area (Å²) < 4.78 is 41.8. The van der Waals surface area contributed by atoms with E-state index in [2.05, 4.69) is 15.2 Å². The number of rotatable bonds is 7. The lowest BCUT2D eigenvalue weighted by molar-refractivity contribution is -0.126. The van der Waals surface area contributed by atoms with Crippen LogP contribution in [0, 0.1) is 5.82 Å². The molecule has 8 heteroatoms. The standard InChI is InChI=1S/C17H15F3N2O3/c1-11(16(23)22-15-5-3-2-4-14(15)18)25-21-10-12-6-8-13(9-7-12)24-17(19)20/h2-11,17H,1H3,(H,22,23)/b21-10+. The molecule has 0 aliphatic rings. The van der Waals surface area contributed by atoms with Crippen molar-refractivity contribution < 1.29 is 27.5 Å². The molecular weight excluding hydrogens is 337 g/mol. The molecule has 5 nitrogen and oxygen atoms in total. The number of nitrogens with zero attached hydrogens (tertiary/aromatic N) is 1. The number of halogens is 3. The van der Waals surface area contributed by atoms with Gasteiger partial charge < -0.3 is 14.9 Å². The molecule has 2 aromatic carbocycles. The lowest BCUT2D eigenvalue weighted by Crippen LogP contribution is -2.26. The number of carbonyl (C=O) groups is 1. The lowest BCUT2D eigenvalue weighted by Gasteiger charge is -2.10. The van der Waals surface area contributed by atoms with Gasteiger partial charge in [0.1, 0.15) is 11.6 Å². The highest BCUT2D eigenvalue weighted by Gasteiger charge is 2.15. The Morgan fingerprint density at radius 2 is 1.84 bits per heavy atom. The minimum Gasteiger partial charge on any atom is -0.435 e. The molecule has 0 aliphatic heterocycles. The summed E-state index contributed by atoms with van der Waals surface area (Å²) in [5.41, 5.74) is 0.602. The Morgan fingerprint density at radius 1 is 1.16 bits per heavy atom. The second-order valence-electron chi connectivity index (χ2n) is 4.90. The highest BCUT2D eigenvalue weighted by atomic mass is 19.3. The van der Waals surface area contributed by atoms with E-state index < -0.39 is 24.4 Å². The molecule has 0 aromatic heterocycles. The van der Waals surface area contributed by atoms with Gasteiger partial charge >= 0.3 is 6.61 Å². The number of ether oxygens (including phenoxy) is 1. The fraction of sp³-hybridized carbons (Fsp3) is 0.176. The summed E-state index contributed by atoms with van der Waals surface area (Å²) in [6.45, 7) is -1.44. The summed E-state index contributed by atoms with van der Waals surface area (Å²) in [5, 5.41) is 6.03. The Hall–Kier alpha value is -3.03. The summed E-state index contributed by atoms with van der Waals surface area (Å²) in [5.74, 6) is -1.11. The molecule has 1 amide bonds. The zero-order valence-electron chi connectivity index (χ0n) is 13.2. The largest absolute Gasteiger partial charge is 0.435 e. The Labute approximate surface area is 142 Å². The molecule has 2 aromatic rings. The fourth-order valence-corrected chi connectivity index (χ4v) is 1.76. The highest BCUT2D eigenvalue weighted by Crippen LogP contribution is 2.15. The molecule has 132 valence electrons. The number of nitrogens with one attached hydrogen (secondary N) is 1. The van der Waals surface area contributed by atoms with Crippen molar-refractivity contribution in [3.63, 3.8) is 0 Å². The normalized spacial score (nSPS) is 12.2. The molecule has 0 spiro atoms. The van der Waals surface area contributed by atoms with Gasteiger partial charge in [-0.25, -0.2) is 4.39 Å². The zero-order chi connectivity index (χ0) is 18.2. The van der Waals surface area contributed by atoms with Crippen LogP contribution in [-0.4, -0.2) is 24.8 Å². The van der Waals surface area contributed by atoms with Crippen molar-refractivity contribution >= 4 is 17.8 Å². The van der Waals surface area contributed by atoms with Gasteiger partial charge in [-0.05, 0) is 48.9 Å². The van der Waals surface area contributed by atoms with Gasteiger partial charge in [0.2, 0.25) is 6.10 Å². The number of carbonyl (C=O) groups excluding carboxylic acids is 1. The number of alkyl halides is 2. The summed E-state index contributed by atoms with van der Waals surface area (Å²) in [6.07, 6.45) is 0.344. The SMILES string of the molecule is CC(O/N=C/c1ccc(OC(F)F)cc1)C(=O)Nc1ccccc1F. The Kier molecular flexibility index (Phi) is 6.39. The molecule has 1 N–H and O–H groups in total. The third kappa shape index (κ3) is 5.83. The molecule has 0 aliphatic carbocycles. The van der Waals surface area contributed by atoms with E-state index in [1.165, 1.54) is 55.6 Å². The molecule has 0 heterocycles. The van der Waals surface area contributed by atoms with Crippen molar-refractivity contribution in [2.24, 2.45) is 5.16 Å². The molecule has 0 saturated carbocycles. The van der Waals surface area contributed by atoms with Crippen LogP contribution in [0.3, 0.4) is 0 Å². The maximum atomic E-state index is 13.5. The number of benzene rings is 2. The summed E-state index contributed by atoms with van der Waals surface area (Å²) in [7, 11) is 0. The third-order valence-corrected chi connectivity index (χ3v) is 3.03. The van der Waals surface area contributed by atoms with Crippen LogP contribution >= 0.6 is 0 Å². The van der Waals surface area contributed by atoms with Crippen LogP contribution in [0.2, 0.25) is 0 Å². The van der Waals surface area contributed by atoms with Crippen molar-refractivity contribution in [2.45, 2.75) is 19.6 Å². The van der Waals surface area contributed by atoms with Crippen LogP contribution < -0.4 is 10.1 Å². The van der Waals surface area contributed by atoms with Crippen LogP contribution in [0.25, 0.3) is 0 Å². The van der Waals surface area contributed by atoms with Crippen molar-refractivity contribution in [1.82, 2.24) is 0 Å². The second-order valence-corrected chi connectivity index (χ2v) is 4.90. The maximum absolute atomic E-state index is 13.5. The predicted molar refractivity (Wildman–Crippen MR) is 86.2 cm³/mol. The summed E-state index contributed by atoms with van der Waals surface area (Å²) in [4.78, 5) is 16.9. The van der Waals surface area contributed by atoms with E-state index in [-0.39, 0.29) is 11.4 Å². The van der Waals surface area contributed by atoms with E-state index in [9.17, 15) is 18.0 Å². The molecular formula is C17H15F3N2O3. The first kappa shape index (κ1) is 18.3. The number of amides is 1. The van der Waals surface area contributed by atoms with Crippen LogP contribution in [-0.2, 0) is 9.63 Å². The van der Waals surface area contributed by atoms with E-state index in [1.54, 1.807) is 6.07 Å². The van der Waals surface area contributed by atoms with Crippen LogP contribution in [0.1, 0.15) is 12.5 Å². The molecule has 2 rings (SSSR count). The van der Waals surface area contributed by atoms with E-state index in [0.717, 1.165) is 0 Å². The summed E-state index contributed by atoms with van der Waals surface area (Å²) >= 11 is 0. The van der Waals surface area contributed by atoms with Gasteiger partial charge in [0, 0.05) is 0 Å². The number of oxime groups is 1. The molecule has 0 fully saturated rings. The van der Waals surface area contributed by atoms with E-state index in [0.29, 0.717) is 5.56 Å². The van der Waals surface area contributed by atoms with E-state index in [1.807, 2.05) is 0 Å². The van der Waals surface area contributed by atoms with Crippen molar-refractivity contribution in [3.8, 4) is 5.75 Å². The van der Waals surface area contributed by atoms with Crippen molar-refractivity contribution in [3.05, 3.63) is 59.9 Å². The quantitative estimate of drug-likeness (QED) is 0.609. The Balaban J connectivity index is 1.86. The molecule has 0 radical (unpaired) electrons. The first-order chi connectivity index (χ1) is 12.0. The lowest BCUT2D eigenvalue weighted by atomic mass is 10.2. The smallest absolute Gasteiger partial charge is 0.387 e. The van der Waals surface area contributed by atoms with Gasteiger partial charge in [0.25, 0.3) is 5.91 Å². The predicted octanol–water partition coefficient (Wildman–Crippen LogP) is 3.80. The average molecular weight is 352 g/mol. The molecule has 0 bridgehead atoms. The van der Waals surface area contributed by atoms with Gasteiger partial charge in [-0.2, -0.15) is 8.78 Å². The van der Waals surface area contributed by atoms with Crippen LogP contribution in [0.15, 0.2) is 53.7 Å². The summed E-state index contributed by atoms with van der Waals surface area (Å²) in [6, 6.07) is 11.4. The molecule has 1 atom stereocenters. The molecule has 1 unspecified atom stereocenters. The van der Waals surface area contributed by atoms with Crippen LogP contribution in [0.5, 0.6) is 5.75 Å². The molecule has 0 saturated heterocycles. The number of anilines is 1. The average Bonchev–Trinajstić information content (AvgIpc) is 2.58. The number of para-hydroxylation sites is 1. The fourth-order valence-electron chi connectivity index (χ4n) is 1.76. The van der Waals surface area contributed by atoms with Gasteiger partial charge in [-0.3, -0.25) is 4.79 Å². The second kappa shape index (κ2) is 8.72. The monoisotopic (exact) mass is 352 g/mol.